The van der Waals surface area contributed by atoms with Crippen LogP contribution in [0.15, 0.2) is 39.4 Å². The van der Waals surface area contributed by atoms with E-state index in [0.29, 0.717) is 6.54 Å². The number of amides is 1. The lowest BCUT2D eigenvalue weighted by Gasteiger charge is -2.26. The Balaban J connectivity index is 1.37. The second-order valence-electron chi connectivity index (χ2n) is 6.92. The monoisotopic (exact) mass is 328 g/mol. The smallest absolute Gasteiger partial charge is 0.223 e. The van der Waals surface area contributed by atoms with E-state index in [-0.39, 0.29) is 23.8 Å². The van der Waals surface area contributed by atoms with Crippen LogP contribution in [0.2, 0.25) is 0 Å². The number of nitrogens with one attached hydrogen (secondary N) is 1. The molecule has 2 aromatic rings. The Labute approximate surface area is 142 Å². The molecule has 3 unspecified atom stereocenters. The Morgan fingerprint density at radius 3 is 2.83 bits per heavy atom. The number of aryl methyl sites for hydroxylation is 1. The van der Waals surface area contributed by atoms with Gasteiger partial charge in [0.2, 0.25) is 5.91 Å². The summed E-state index contributed by atoms with van der Waals surface area (Å²) in [6.45, 7) is 4.70. The average molecular weight is 328 g/mol. The van der Waals surface area contributed by atoms with Crippen LogP contribution >= 0.6 is 0 Å². The maximum atomic E-state index is 12.5. The fourth-order valence-corrected chi connectivity index (χ4v) is 3.73. The molecule has 0 spiro atoms. The third-order valence-corrected chi connectivity index (χ3v) is 5.18. The Morgan fingerprint density at radius 2 is 2.17 bits per heavy atom. The van der Waals surface area contributed by atoms with Crippen LogP contribution in [-0.4, -0.2) is 30.4 Å². The van der Waals surface area contributed by atoms with Gasteiger partial charge in [-0.25, -0.2) is 0 Å². The summed E-state index contributed by atoms with van der Waals surface area (Å²) in [5, 5.41) is 3.14. The third kappa shape index (κ3) is 3.13. The van der Waals surface area contributed by atoms with Gasteiger partial charge in [-0.2, -0.15) is 0 Å². The van der Waals surface area contributed by atoms with Crippen molar-refractivity contribution in [2.45, 2.75) is 38.1 Å². The molecule has 3 heterocycles. The number of rotatable bonds is 6. The molecule has 1 aliphatic carbocycles. The first-order chi connectivity index (χ1) is 11.7. The Morgan fingerprint density at radius 1 is 1.33 bits per heavy atom. The largest absolute Gasteiger partial charge is 0.469 e. The number of carbonyl (C=O) groups is 1. The number of hydrogen-bond donors (Lipinski definition) is 1. The quantitative estimate of drug-likeness (QED) is 0.884. The molecule has 2 aromatic heterocycles. The highest BCUT2D eigenvalue weighted by Gasteiger charge is 2.46. The minimum absolute atomic E-state index is 0.0497. The zero-order valence-corrected chi connectivity index (χ0v) is 14.0. The maximum Gasteiger partial charge on any atom is 0.223 e. The standard InChI is InChI=1S/C19H24N2O3/c1-13-6-7-18(24-13)16(21-8-2-3-9-21)12-20-19(22)15-11-14(15)17-5-4-10-23-17/h4-7,10,14-16H,2-3,8-9,11-12H2,1H3,(H,20,22). The van der Waals surface area contributed by atoms with Gasteiger partial charge in [0.15, 0.2) is 0 Å². The van der Waals surface area contributed by atoms with Crippen molar-refractivity contribution in [2.24, 2.45) is 5.92 Å². The molecule has 1 amide bonds. The molecule has 1 N–H and O–H groups in total. The summed E-state index contributed by atoms with van der Waals surface area (Å²) in [5.74, 6) is 3.22. The van der Waals surface area contributed by atoms with Gasteiger partial charge in [-0.1, -0.05) is 0 Å². The molecule has 0 aromatic carbocycles. The Kier molecular flexibility index (Phi) is 4.19. The van der Waals surface area contributed by atoms with Gasteiger partial charge >= 0.3 is 0 Å². The first kappa shape index (κ1) is 15.5. The van der Waals surface area contributed by atoms with E-state index in [1.807, 2.05) is 31.2 Å². The van der Waals surface area contributed by atoms with Crippen molar-refractivity contribution in [2.75, 3.05) is 19.6 Å². The van der Waals surface area contributed by atoms with Crippen LogP contribution in [0, 0.1) is 12.8 Å². The highest BCUT2D eigenvalue weighted by molar-refractivity contribution is 5.82. The van der Waals surface area contributed by atoms with Crippen molar-refractivity contribution >= 4 is 5.91 Å². The van der Waals surface area contributed by atoms with E-state index in [0.717, 1.165) is 36.8 Å². The number of hydrogen-bond acceptors (Lipinski definition) is 4. The van der Waals surface area contributed by atoms with Crippen LogP contribution in [0.3, 0.4) is 0 Å². The molecular weight excluding hydrogens is 304 g/mol. The molecule has 24 heavy (non-hydrogen) atoms. The van der Waals surface area contributed by atoms with E-state index in [2.05, 4.69) is 10.2 Å². The molecule has 5 heteroatoms. The van der Waals surface area contributed by atoms with Crippen molar-refractivity contribution in [1.29, 1.82) is 0 Å². The van der Waals surface area contributed by atoms with E-state index in [1.165, 1.54) is 12.8 Å². The van der Waals surface area contributed by atoms with E-state index in [9.17, 15) is 4.79 Å². The van der Waals surface area contributed by atoms with Crippen LogP contribution in [0.1, 0.15) is 48.5 Å². The summed E-state index contributed by atoms with van der Waals surface area (Å²) in [4.78, 5) is 14.9. The van der Waals surface area contributed by atoms with Crippen LogP contribution in [0.5, 0.6) is 0 Å². The summed E-state index contributed by atoms with van der Waals surface area (Å²) in [6.07, 6.45) is 4.99. The van der Waals surface area contributed by atoms with Crippen LogP contribution in [-0.2, 0) is 4.79 Å². The molecule has 3 atom stereocenters. The third-order valence-electron chi connectivity index (χ3n) is 5.18. The highest BCUT2D eigenvalue weighted by Crippen LogP contribution is 2.47. The summed E-state index contributed by atoms with van der Waals surface area (Å²) in [7, 11) is 0. The van der Waals surface area contributed by atoms with E-state index < -0.39 is 0 Å². The number of likely N-dealkylation sites (tertiary alicyclic amines) is 1. The predicted molar refractivity (Wildman–Crippen MR) is 89.6 cm³/mol. The van der Waals surface area contributed by atoms with Gasteiger partial charge in [0, 0.05) is 18.4 Å². The van der Waals surface area contributed by atoms with Crippen molar-refractivity contribution < 1.29 is 13.6 Å². The summed E-state index contributed by atoms with van der Waals surface area (Å²) in [5.41, 5.74) is 0. The topological polar surface area (TPSA) is 58.6 Å². The molecule has 128 valence electrons. The molecule has 2 aliphatic rings. The van der Waals surface area contributed by atoms with Gasteiger partial charge in [0.05, 0.1) is 12.3 Å². The second kappa shape index (κ2) is 6.48. The Hall–Kier alpha value is -2.01. The summed E-state index contributed by atoms with van der Waals surface area (Å²) in [6, 6.07) is 7.99. The van der Waals surface area contributed by atoms with Crippen molar-refractivity contribution in [3.63, 3.8) is 0 Å². The van der Waals surface area contributed by atoms with Crippen molar-refractivity contribution in [1.82, 2.24) is 10.2 Å². The second-order valence-corrected chi connectivity index (χ2v) is 6.92. The molecule has 1 saturated heterocycles. The molecule has 2 fully saturated rings. The zero-order chi connectivity index (χ0) is 16.5. The van der Waals surface area contributed by atoms with E-state index in [1.54, 1.807) is 6.26 Å². The summed E-state index contributed by atoms with van der Waals surface area (Å²) < 4.78 is 11.3. The molecule has 4 rings (SSSR count). The fraction of sp³-hybridized carbons (Fsp3) is 0.526. The molecule has 0 radical (unpaired) electrons. The van der Waals surface area contributed by atoms with Crippen molar-refractivity contribution in [3.8, 4) is 0 Å². The highest BCUT2D eigenvalue weighted by atomic mass is 16.3. The first-order valence-electron chi connectivity index (χ1n) is 8.84. The van der Waals surface area contributed by atoms with E-state index >= 15 is 0 Å². The lowest BCUT2D eigenvalue weighted by Crippen LogP contribution is -2.37. The lowest BCUT2D eigenvalue weighted by molar-refractivity contribution is -0.122. The number of furan rings is 2. The minimum atomic E-state index is 0.0497. The maximum absolute atomic E-state index is 12.5. The normalized spacial score (nSPS) is 24.9. The first-order valence-corrected chi connectivity index (χ1v) is 8.84. The minimum Gasteiger partial charge on any atom is -0.469 e. The lowest BCUT2D eigenvalue weighted by atomic mass is 10.2. The molecular formula is C19H24N2O3. The van der Waals surface area contributed by atoms with Crippen LogP contribution in [0.25, 0.3) is 0 Å². The predicted octanol–water partition coefficient (Wildman–Crippen LogP) is 3.24. The zero-order valence-electron chi connectivity index (χ0n) is 14.0. The van der Waals surface area contributed by atoms with Gasteiger partial charge in [0.25, 0.3) is 0 Å². The van der Waals surface area contributed by atoms with Crippen molar-refractivity contribution in [3.05, 3.63) is 47.8 Å². The summed E-state index contributed by atoms with van der Waals surface area (Å²) >= 11 is 0. The molecule has 1 aliphatic heterocycles. The van der Waals surface area contributed by atoms with Gasteiger partial charge in [-0.15, -0.1) is 0 Å². The Bertz CT molecular complexity index is 685. The molecule has 0 bridgehead atoms. The fourth-order valence-electron chi connectivity index (χ4n) is 3.73. The SMILES string of the molecule is Cc1ccc(C(CNC(=O)C2CC2c2ccco2)N2CCCC2)o1. The van der Waals surface area contributed by atoms with Gasteiger partial charge in [-0.05, 0) is 63.5 Å². The van der Waals surface area contributed by atoms with E-state index in [4.69, 9.17) is 8.83 Å². The van der Waals surface area contributed by atoms with Crippen LogP contribution in [0.4, 0.5) is 0 Å². The number of nitrogens with zero attached hydrogens (tertiary/aromatic N) is 1. The van der Waals surface area contributed by atoms with Gasteiger partial charge in [-0.3, -0.25) is 9.69 Å². The average Bonchev–Trinajstić information content (AvgIpc) is 3.03. The van der Waals surface area contributed by atoms with Gasteiger partial charge < -0.3 is 14.2 Å². The molecule has 5 nitrogen and oxygen atoms in total. The van der Waals surface area contributed by atoms with Crippen LogP contribution < -0.4 is 5.32 Å². The van der Waals surface area contributed by atoms with Gasteiger partial charge in [0.1, 0.15) is 17.3 Å². The number of carbonyl (C=O) groups excluding carboxylic acids is 1. The molecule has 1 saturated carbocycles.